The molecule has 3 aliphatic heterocycles. The molecule has 1 atom stereocenters. The second kappa shape index (κ2) is 12.6. The molecule has 5 heterocycles. The Labute approximate surface area is 256 Å². The minimum atomic E-state index is -0.931. The molecule has 4 aromatic rings. The molecule has 0 bridgehead atoms. The number of ether oxygens (including phenoxy) is 4. The third-order valence-corrected chi connectivity index (χ3v) is 9.17. The monoisotopic (exact) mass is 598 g/mol. The van der Waals surface area contributed by atoms with Crippen LogP contribution >= 0.6 is 0 Å². The van der Waals surface area contributed by atoms with Gasteiger partial charge in [-0.1, -0.05) is 18.2 Å². The molecule has 3 aliphatic rings. The first-order chi connectivity index (χ1) is 21.5. The minimum Gasteiger partial charge on any atom is -0.496 e. The van der Waals surface area contributed by atoms with Crippen LogP contribution in [0.25, 0.3) is 11.0 Å². The Morgan fingerprint density at radius 3 is 2.57 bits per heavy atom. The molecule has 10 heteroatoms. The summed E-state index contributed by atoms with van der Waals surface area (Å²) in [4.78, 5) is 23.9. The second-order valence-electron chi connectivity index (χ2n) is 12.0. The fraction of sp³-hybridized carbons (Fsp3) is 0.441. The van der Waals surface area contributed by atoms with Gasteiger partial charge in [0, 0.05) is 35.8 Å². The van der Waals surface area contributed by atoms with Crippen LogP contribution in [0, 0.1) is 0 Å². The number of carbonyl (C=O) groups is 1. The predicted molar refractivity (Wildman–Crippen MR) is 163 cm³/mol. The SMILES string of the molecule is COc1cc(C2COC2)ccc1COc1cccc(C2CCN(Cc3nc4ccc(C(=O)O)cc4n3CC3CCO3)CC2)n1. The Balaban J connectivity index is 0.986. The van der Waals surface area contributed by atoms with Crippen LogP contribution in [0.3, 0.4) is 0 Å². The first-order valence-electron chi connectivity index (χ1n) is 15.4. The van der Waals surface area contributed by atoms with E-state index in [0.717, 1.165) is 86.0 Å². The predicted octanol–water partition coefficient (Wildman–Crippen LogP) is 5.00. The van der Waals surface area contributed by atoms with Gasteiger partial charge in [0.05, 0.1) is 56.1 Å². The van der Waals surface area contributed by atoms with Crippen molar-refractivity contribution in [3.05, 3.63) is 82.8 Å². The van der Waals surface area contributed by atoms with E-state index in [-0.39, 0.29) is 11.7 Å². The second-order valence-corrected chi connectivity index (χ2v) is 12.0. The van der Waals surface area contributed by atoms with E-state index in [2.05, 4.69) is 33.7 Å². The van der Waals surface area contributed by atoms with Crippen molar-refractivity contribution in [3.8, 4) is 11.6 Å². The standard InChI is InChI=1S/C34H38N4O6/c1-41-31-16-23(26-19-42-20-26)5-6-25(31)21-44-33-4-2-3-28(36-33)22-9-12-37(13-10-22)18-32-35-29-8-7-24(34(39)40)15-30(29)38(32)17-27-11-14-43-27/h2-8,15-16,22,26-27H,9-14,17-21H2,1H3,(H,39,40). The van der Waals surface area contributed by atoms with Gasteiger partial charge in [0.25, 0.3) is 0 Å². The van der Waals surface area contributed by atoms with Gasteiger partial charge in [0.1, 0.15) is 18.2 Å². The number of fused-ring (bicyclic) bond motifs is 1. The molecule has 1 unspecified atom stereocenters. The van der Waals surface area contributed by atoms with Crippen molar-refractivity contribution >= 4 is 17.0 Å². The molecule has 1 N–H and O–H groups in total. The van der Waals surface area contributed by atoms with Gasteiger partial charge in [-0.05, 0) is 68.2 Å². The van der Waals surface area contributed by atoms with Crippen LogP contribution in [-0.4, -0.2) is 76.6 Å². The number of hydrogen-bond donors (Lipinski definition) is 1. The number of carboxylic acid groups (broad SMARTS) is 1. The molecule has 3 saturated heterocycles. The highest BCUT2D eigenvalue weighted by atomic mass is 16.5. The third kappa shape index (κ3) is 6.02. The van der Waals surface area contributed by atoms with Crippen LogP contribution in [0.1, 0.15) is 64.1 Å². The highest BCUT2D eigenvalue weighted by molar-refractivity contribution is 5.92. The number of aromatic nitrogens is 3. The molecule has 0 spiro atoms. The summed E-state index contributed by atoms with van der Waals surface area (Å²) in [6.45, 7) is 5.95. The number of rotatable bonds is 11. The molecule has 230 valence electrons. The molecule has 44 heavy (non-hydrogen) atoms. The van der Waals surface area contributed by atoms with Crippen LogP contribution in [0.15, 0.2) is 54.6 Å². The van der Waals surface area contributed by atoms with Crippen molar-refractivity contribution in [2.75, 3.05) is 40.0 Å². The maximum Gasteiger partial charge on any atom is 0.335 e. The Kier molecular flexibility index (Phi) is 8.20. The largest absolute Gasteiger partial charge is 0.496 e. The van der Waals surface area contributed by atoms with E-state index < -0.39 is 5.97 Å². The quantitative estimate of drug-likeness (QED) is 0.255. The topological polar surface area (TPSA) is 108 Å². The number of hydrogen-bond acceptors (Lipinski definition) is 8. The summed E-state index contributed by atoms with van der Waals surface area (Å²) >= 11 is 0. The normalized spacial score (nSPS) is 19.4. The Morgan fingerprint density at radius 2 is 1.86 bits per heavy atom. The number of imidazole rings is 1. The van der Waals surface area contributed by atoms with Gasteiger partial charge >= 0.3 is 5.97 Å². The van der Waals surface area contributed by atoms with E-state index in [1.807, 2.05) is 18.2 Å². The van der Waals surface area contributed by atoms with Crippen molar-refractivity contribution in [2.45, 2.75) is 56.9 Å². The van der Waals surface area contributed by atoms with Crippen LogP contribution in [0.5, 0.6) is 11.6 Å². The number of carboxylic acids is 1. The van der Waals surface area contributed by atoms with Gasteiger partial charge in [-0.15, -0.1) is 0 Å². The highest BCUT2D eigenvalue weighted by Crippen LogP contribution is 2.32. The lowest BCUT2D eigenvalue weighted by molar-refractivity contribution is -0.0592. The molecule has 10 nitrogen and oxygen atoms in total. The Bertz CT molecular complexity index is 1640. The number of aromatic carboxylic acids is 1. The van der Waals surface area contributed by atoms with Gasteiger partial charge in [-0.3, -0.25) is 4.90 Å². The van der Waals surface area contributed by atoms with Gasteiger partial charge < -0.3 is 28.6 Å². The zero-order valence-electron chi connectivity index (χ0n) is 25.0. The fourth-order valence-electron chi connectivity index (χ4n) is 6.30. The molecule has 2 aromatic carbocycles. The lowest BCUT2D eigenvalue weighted by Crippen LogP contribution is -2.35. The molecular formula is C34H38N4O6. The summed E-state index contributed by atoms with van der Waals surface area (Å²) in [5.41, 5.74) is 5.24. The maximum absolute atomic E-state index is 11.6. The number of benzene rings is 2. The van der Waals surface area contributed by atoms with E-state index in [9.17, 15) is 9.90 Å². The fourth-order valence-corrected chi connectivity index (χ4v) is 6.30. The van der Waals surface area contributed by atoms with Gasteiger partial charge in [-0.25, -0.2) is 14.8 Å². The number of methoxy groups -OCH3 is 1. The molecule has 0 radical (unpaired) electrons. The van der Waals surface area contributed by atoms with Crippen LogP contribution in [-0.2, 0) is 29.2 Å². The summed E-state index contributed by atoms with van der Waals surface area (Å²) in [5, 5.41) is 9.53. The summed E-state index contributed by atoms with van der Waals surface area (Å²) < 4.78 is 25.0. The summed E-state index contributed by atoms with van der Waals surface area (Å²) in [6.07, 6.45) is 3.14. The van der Waals surface area contributed by atoms with Gasteiger partial charge in [-0.2, -0.15) is 0 Å². The molecule has 3 fully saturated rings. The average Bonchev–Trinajstić information content (AvgIpc) is 3.33. The van der Waals surface area contributed by atoms with E-state index >= 15 is 0 Å². The van der Waals surface area contributed by atoms with Crippen molar-refractivity contribution in [1.29, 1.82) is 0 Å². The van der Waals surface area contributed by atoms with E-state index in [4.69, 9.17) is 28.9 Å². The molecule has 7 rings (SSSR count). The zero-order valence-corrected chi connectivity index (χ0v) is 25.0. The van der Waals surface area contributed by atoms with E-state index in [1.54, 1.807) is 19.2 Å². The Morgan fingerprint density at radius 1 is 1.02 bits per heavy atom. The maximum atomic E-state index is 11.6. The third-order valence-electron chi connectivity index (χ3n) is 9.17. The molecule has 0 aliphatic carbocycles. The average molecular weight is 599 g/mol. The van der Waals surface area contributed by atoms with Gasteiger partial charge in [0.2, 0.25) is 5.88 Å². The summed E-state index contributed by atoms with van der Waals surface area (Å²) in [5.74, 6) is 2.27. The first kappa shape index (κ1) is 28.8. The summed E-state index contributed by atoms with van der Waals surface area (Å²) in [7, 11) is 1.69. The van der Waals surface area contributed by atoms with E-state index in [0.29, 0.717) is 37.4 Å². The minimum absolute atomic E-state index is 0.147. The zero-order chi connectivity index (χ0) is 30.0. The van der Waals surface area contributed by atoms with Crippen LogP contribution < -0.4 is 9.47 Å². The molecule has 0 amide bonds. The lowest BCUT2D eigenvalue weighted by atomic mass is 9.93. The highest BCUT2D eigenvalue weighted by Gasteiger charge is 2.26. The molecule has 2 aromatic heterocycles. The van der Waals surface area contributed by atoms with Crippen molar-refractivity contribution in [1.82, 2.24) is 19.4 Å². The number of nitrogens with zero attached hydrogens (tertiary/aromatic N) is 4. The van der Waals surface area contributed by atoms with Crippen molar-refractivity contribution in [2.24, 2.45) is 0 Å². The number of likely N-dealkylation sites (tertiary alicyclic amines) is 1. The first-order valence-corrected chi connectivity index (χ1v) is 15.4. The van der Waals surface area contributed by atoms with Crippen LogP contribution in [0.2, 0.25) is 0 Å². The smallest absolute Gasteiger partial charge is 0.335 e. The Hall–Kier alpha value is -3.99. The van der Waals surface area contributed by atoms with Gasteiger partial charge in [0.15, 0.2) is 0 Å². The molecule has 0 saturated carbocycles. The van der Waals surface area contributed by atoms with Crippen molar-refractivity contribution in [3.63, 3.8) is 0 Å². The lowest BCUT2D eigenvalue weighted by Gasteiger charge is -2.32. The van der Waals surface area contributed by atoms with Crippen LogP contribution in [0.4, 0.5) is 0 Å². The summed E-state index contributed by atoms with van der Waals surface area (Å²) in [6, 6.07) is 17.5. The number of piperidine rings is 1. The van der Waals surface area contributed by atoms with E-state index in [1.165, 1.54) is 5.56 Å². The molecular weight excluding hydrogens is 560 g/mol. The number of pyridine rings is 1. The van der Waals surface area contributed by atoms with Crippen molar-refractivity contribution < 1.29 is 28.8 Å².